The van der Waals surface area contributed by atoms with E-state index in [9.17, 15) is 29.1 Å². The number of aliphatic hydroxyl groups excluding tert-OH is 1. The summed E-state index contributed by atoms with van der Waals surface area (Å²) in [5.74, 6) is -2.58. The van der Waals surface area contributed by atoms with Crippen LogP contribution in [0.25, 0.3) is 0 Å². The quantitative estimate of drug-likeness (QED) is 0.111. The monoisotopic (exact) mass is 708 g/mol. The lowest BCUT2D eigenvalue weighted by atomic mass is 9.91. The van der Waals surface area contributed by atoms with Crippen LogP contribution in [0.1, 0.15) is 93.5 Å². The summed E-state index contributed by atoms with van der Waals surface area (Å²) in [4.78, 5) is 65.4. The average Bonchev–Trinajstić information content (AvgIpc) is 3.29. The number of amides is 5. The number of aliphatic hydroxyl groups is 1. The van der Waals surface area contributed by atoms with Crippen LogP contribution in [0.2, 0.25) is 0 Å². The van der Waals surface area contributed by atoms with Gasteiger partial charge in [0.15, 0.2) is 0 Å². The number of carbonyl (C=O) groups excluding carboxylic acids is 5. The largest absolute Gasteiger partial charge is 0.444 e. The summed E-state index contributed by atoms with van der Waals surface area (Å²) < 4.78 is 6.90. The molecular weight excluding hydrogens is 644 g/mol. The van der Waals surface area contributed by atoms with E-state index >= 15 is 0 Å². The Balaban J connectivity index is 3.12. The van der Waals surface area contributed by atoms with Gasteiger partial charge in [0.1, 0.15) is 23.7 Å². The van der Waals surface area contributed by atoms with E-state index in [-0.39, 0.29) is 43.2 Å². The third kappa shape index (κ3) is 16.3. The highest BCUT2D eigenvalue weighted by Gasteiger charge is 2.33. The second-order valence-electron chi connectivity index (χ2n) is 15.5. The Hall–Kier alpha value is -3.72. The Morgan fingerprint density at radius 3 is 1.96 bits per heavy atom. The first-order valence-electron chi connectivity index (χ1n) is 17.6. The second-order valence-corrected chi connectivity index (χ2v) is 15.5. The number of carbonyl (C=O) groups is 5. The average molecular weight is 709 g/mol. The molecule has 6 atom stereocenters. The zero-order chi connectivity index (χ0) is 38.5. The first-order valence-corrected chi connectivity index (χ1v) is 17.6. The molecule has 0 aliphatic carbocycles. The topological polar surface area (TPSA) is 219 Å². The van der Waals surface area contributed by atoms with Crippen LogP contribution in [0.4, 0.5) is 4.79 Å². The van der Waals surface area contributed by atoms with Gasteiger partial charge in [-0.1, -0.05) is 48.5 Å². The fourth-order valence-corrected chi connectivity index (χ4v) is 5.10. The lowest BCUT2D eigenvalue weighted by Crippen LogP contribution is -2.59. The molecule has 0 saturated heterocycles. The van der Waals surface area contributed by atoms with E-state index in [1.807, 2.05) is 61.5 Å². The number of aromatic nitrogens is 2. The maximum atomic E-state index is 13.7. The predicted molar refractivity (Wildman–Crippen MR) is 192 cm³/mol. The second kappa shape index (κ2) is 20.2. The number of nitrogens with two attached hydrogens (primary N) is 1. The molecule has 286 valence electrons. The fourth-order valence-electron chi connectivity index (χ4n) is 5.10. The zero-order valence-electron chi connectivity index (χ0n) is 32.2. The van der Waals surface area contributed by atoms with Gasteiger partial charge in [-0.15, -0.1) is 0 Å². The number of hydrogen-bond acceptors (Lipinski definition) is 9. The van der Waals surface area contributed by atoms with Crippen molar-refractivity contribution in [2.24, 2.45) is 29.4 Å². The Bertz CT molecular complexity index is 1270. The molecule has 0 aliphatic heterocycles. The lowest BCUT2D eigenvalue weighted by Gasteiger charge is -2.30. The molecule has 0 fully saturated rings. The minimum atomic E-state index is -1.28. The minimum absolute atomic E-state index is 0.0113. The highest BCUT2D eigenvalue weighted by molar-refractivity contribution is 5.90. The molecule has 8 N–H and O–H groups in total. The summed E-state index contributed by atoms with van der Waals surface area (Å²) in [6.45, 7) is 22.1. The van der Waals surface area contributed by atoms with Crippen molar-refractivity contribution in [1.82, 2.24) is 36.4 Å². The van der Waals surface area contributed by atoms with Crippen LogP contribution in [0.15, 0.2) is 6.07 Å². The van der Waals surface area contributed by atoms with Gasteiger partial charge >= 0.3 is 6.09 Å². The molecule has 1 heterocycles. The van der Waals surface area contributed by atoms with Crippen LogP contribution < -0.4 is 32.3 Å². The third-order valence-electron chi connectivity index (χ3n) is 7.78. The Labute approximate surface area is 298 Å². The molecule has 1 rings (SSSR count). The fraction of sp³-hybridized carbons (Fsp3) is 0.771. The molecule has 0 aliphatic rings. The molecular formula is C35H64N8O7. The molecule has 1 aromatic rings. The molecule has 0 spiro atoms. The molecule has 0 radical (unpaired) electrons. The van der Waals surface area contributed by atoms with Crippen LogP contribution in [0.3, 0.4) is 0 Å². The van der Waals surface area contributed by atoms with Crippen molar-refractivity contribution in [3.05, 3.63) is 17.5 Å². The molecule has 15 nitrogen and oxygen atoms in total. The molecule has 0 bridgehead atoms. The highest BCUT2D eigenvalue weighted by atomic mass is 16.6. The Morgan fingerprint density at radius 1 is 0.840 bits per heavy atom. The zero-order valence-corrected chi connectivity index (χ0v) is 32.2. The van der Waals surface area contributed by atoms with Gasteiger partial charge in [0.25, 0.3) is 0 Å². The van der Waals surface area contributed by atoms with E-state index in [0.29, 0.717) is 13.0 Å². The lowest BCUT2D eigenvalue weighted by molar-refractivity contribution is -0.133. The van der Waals surface area contributed by atoms with Gasteiger partial charge in [-0.3, -0.25) is 23.9 Å². The summed E-state index contributed by atoms with van der Waals surface area (Å²) in [5.41, 5.74) is 6.98. The summed E-state index contributed by atoms with van der Waals surface area (Å²) >= 11 is 0. The normalized spacial score (nSPS) is 15.5. The van der Waals surface area contributed by atoms with E-state index in [1.54, 1.807) is 32.4 Å². The highest BCUT2D eigenvalue weighted by Crippen LogP contribution is 2.17. The maximum absolute atomic E-state index is 13.7. The van der Waals surface area contributed by atoms with E-state index in [2.05, 4.69) is 31.7 Å². The molecule has 50 heavy (non-hydrogen) atoms. The van der Waals surface area contributed by atoms with E-state index in [1.165, 1.54) is 0 Å². The van der Waals surface area contributed by atoms with Crippen molar-refractivity contribution in [3.63, 3.8) is 0 Å². The summed E-state index contributed by atoms with van der Waals surface area (Å²) in [5, 5.41) is 29.3. The standard InChI is InChI=1S/C35H64N8O7/c1-19(2)13-26(28(44)14-22(7)30(45)41-29(21(5)6)33(48)37-16-20(3)4)39-32(47)27(17-38-34(49)50-35(10,11)12)40-31(46)25(36)18-43-24(9)15-23(8)42-43/h15,19-22,25-29,44H,13-14,16-18,36H2,1-12H3,(H,37,48)(H,38,49)(H,39,47)(H,40,46)(H,41,45)/t22-,25?,26+,27+,28+,29+/m1/s1. The molecule has 1 aromatic heterocycles. The number of aryl methyl sites for hydroxylation is 2. The van der Waals surface area contributed by atoms with Gasteiger partial charge in [-0.2, -0.15) is 5.10 Å². The predicted octanol–water partition coefficient (Wildman–Crippen LogP) is 1.67. The minimum Gasteiger partial charge on any atom is -0.444 e. The van der Waals surface area contributed by atoms with Crippen LogP contribution in [0, 0.1) is 37.5 Å². The first-order chi connectivity index (χ1) is 23.0. The SMILES string of the molecule is Cc1cc(C)n(CC(N)C(=O)N[C@@H](CNC(=O)OC(C)(C)C)C(=O)N[C@@H](CC(C)C)[C@@H](O)C[C@@H](C)C(=O)N[C@H](C(=O)NCC(C)C)C(C)C)n1. The van der Waals surface area contributed by atoms with E-state index < -0.39 is 65.6 Å². The molecule has 1 unspecified atom stereocenters. The molecule has 0 saturated carbocycles. The maximum Gasteiger partial charge on any atom is 0.407 e. The van der Waals surface area contributed by atoms with Crippen molar-refractivity contribution in [2.45, 2.75) is 138 Å². The molecule has 0 aromatic carbocycles. The number of hydrogen-bond donors (Lipinski definition) is 7. The van der Waals surface area contributed by atoms with Crippen molar-refractivity contribution in [2.75, 3.05) is 13.1 Å². The number of rotatable bonds is 19. The first kappa shape index (κ1) is 44.3. The number of nitrogens with one attached hydrogen (secondary N) is 5. The molecule has 15 heteroatoms. The van der Waals surface area contributed by atoms with Crippen molar-refractivity contribution in [3.8, 4) is 0 Å². The Kier molecular flexibility index (Phi) is 17.9. The number of alkyl carbamates (subject to hydrolysis) is 1. The smallest absolute Gasteiger partial charge is 0.407 e. The summed E-state index contributed by atoms with van der Waals surface area (Å²) in [6, 6.07) is -2.05. The van der Waals surface area contributed by atoms with Crippen LogP contribution in [0.5, 0.6) is 0 Å². The van der Waals surface area contributed by atoms with Crippen LogP contribution in [-0.4, -0.2) is 93.6 Å². The Morgan fingerprint density at radius 2 is 1.46 bits per heavy atom. The van der Waals surface area contributed by atoms with Gasteiger partial charge < -0.3 is 42.2 Å². The van der Waals surface area contributed by atoms with E-state index in [4.69, 9.17) is 10.5 Å². The van der Waals surface area contributed by atoms with Crippen molar-refractivity contribution >= 4 is 29.7 Å². The van der Waals surface area contributed by atoms with Gasteiger partial charge in [0, 0.05) is 18.2 Å². The summed E-state index contributed by atoms with van der Waals surface area (Å²) in [7, 11) is 0. The van der Waals surface area contributed by atoms with Crippen LogP contribution >= 0.6 is 0 Å². The van der Waals surface area contributed by atoms with Crippen molar-refractivity contribution < 1.29 is 33.8 Å². The molecule has 5 amide bonds. The number of nitrogens with zero attached hydrogens (tertiary/aromatic N) is 2. The third-order valence-corrected chi connectivity index (χ3v) is 7.78. The van der Waals surface area contributed by atoms with Gasteiger partial charge in [-0.05, 0) is 71.3 Å². The van der Waals surface area contributed by atoms with Crippen LogP contribution in [-0.2, 0) is 30.5 Å². The van der Waals surface area contributed by atoms with Gasteiger partial charge in [0.05, 0.1) is 30.9 Å². The van der Waals surface area contributed by atoms with Crippen molar-refractivity contribution in [1.29, 1.82) is 0 Å². The van der Waals surface area contributed by atoms with Gasteiger partial charge in [-0.25, -0.2) is 4.79 Å². The van der Waals surface area contributed by atoms with E-state index in [0.717, 1.165) is 11.4 Å². The number of ether oxygens (including phenoxy) is 1. The van der Waals surface area contributed by atoms with Gasteiger partial charge in [0.2, 0.25) is 23.6 Å². The summed E-state index contributed by atoms with van der Waals surface area (Å²) in [6.07, 6.45) is -1.60.